The molecule has 6 aromatic rings. The summed E-state index contributed by atoms with van der Waals surface area (Å²) in [6.07, 6.45) is 9.76. The first-order valence-corrected chi connectivity index (χ1v) is 13.9. The van der Waals surface area contributed by atoms with Crippen LogP contribution in [0.1, 0.15) is 37.5 Å². The van der Waals surface area contributed by atoms with Crippen LogP contribution < -0.4 is 0 Å². The van der Waals surface area contributed by atoms with E-state index in [1.165, 1.54) is 38.6 Å². The highest BCUT2D eigenvalue weighted by atomic mass is 15.0. The van der Waals surface area contributed by atoms with Gasteiger partial charge < -0.3 is 4.57 Å². The number of aromatic nitrogens is 3. The molecule has 0 bridgehead atoms. The van der Waals surface area contributed by atoms with E-state index in [0.717, 1.165) is 33.8 Å². The highest BCUT2D eigenvalue weighted by Crippen LogP contribution is 2.49. The molecule has 0 aliphatic carbocycles. The molecule has 3 aromatic heterocycles. The second-order valence-electron chi connectivity index (χ2n) is 11.0. The first-order chi connectivity index (χ1) is 20.0. The standard InChI is InChI=1S/C37H30N4/c1-5-6-11-31(38-4)26-21-28-27-20-24(32-12-7-9-18-39-32)14-16-34(27)41-35-17-15-25(33-13-8-10-19-40-33)22-29(35)37(2,3)30(23-26)36(28)41/h5-23H,4H2,1-3H3/b6-5-,31-11-. The molecule has 41 heavy (non-hydrogen) atoms. The van der Waals surface area contributed by atoms with Crippen LogP contribution in [0.25, 0.3) is 55.7 Å². The highest BCUT2D eigenvalue weighted by molar-refractivity contribution is 6.13. The first kappa shape index (κ1) is 24.9. The van der Waals surface area contributed by atoms with Crippen molar-refractivity contribution in [2.45, 2.75) is 26.2 Å². The number of nitrogens with zero attached hydrogens (tertiary/aromatic N) is 4. The summed E-state index contributed by atoms with van der Waals surface area (Å²) in [5.74, 6) is 0. The van der Waals surface area contributed by atoms with Crippen molar-refractivity contribution in [1.82, 2.24) is 14.5 Å². The Bertz CT molecular complexity index is 2030. The van der Waals surface area contributed by atoms with Crippen molar-refractivity contribution in [3.05, 3.63) is 132 Å². The molecule has 0 N–H and O–H groups in total. The normalized spacial score (nSPS) is 14.1. The lowest BCUT2D eigenvalue weighted by atomic mass is 9.73. The SMILES string of the molecule is C=N/C(=C\C=C/C)c1cc2c3c(c1)c1cc(-c4ccccn4)ccc1n3-c1ccc(-c3ccccn3)cc1C2(C)C. The zero-order chi connectivity index (χ0) is 28.1. The Kier molecular flexibility index (Phi) is 5.79. The van der Waals surface area contributed by atoms with Crippen molar-refractivity contribution in [2.24, 2.45) is 4.99 Å². The Morgan fingerprint density at radius 1 is 0.805 bits per heavy atom. The van der Waals surface area contributed by atoms with Gasteiger partial charge in [-0.3, -0.25) is 15.0 Å². The van der Waals surface area contributed by atoms with Gasteiger partial charge in [0.15, 0.2) is 0 Å². The number of hydrogen-bond donors (Lipinski definition) is 0. The summed E-state index contributed by atoms with van der Waals surface area (Å²) in [5, 5.41) is 2.39. The van der Waals surface area contributed by atoms with E-state index in [9.17, 15) is 0 Å². The Hall–Kier alpha value is -5.09. The Morgan fingerprint density at radius 3 is 2.17 bits per heavy atom. The monoisotopic (exact) mass is 530 g/mol. The lowest BCUT2D eigenvalue weighted by Gasteiger charge is -2.35. The number of aliphatic imine (C=N–C) groups is 1. The van der Waals surface area contributed by atoms with Gasteiger partial charge in [0.2, 0.25) is 0 Å². The van der Waals surface area contributed by atoms with Crippen molar-refractivity contribution in [2.75, 3.05) is 0 Å². The maximum Gasteiger partial charge on any atom is 0.0702 e. The molecule has 4 heterocycles. The van der Waals surface area contributed by atoms with Crippen molar-refractivity contribution >= 4 is 34.2 Å². The fraction of sp³-hybridized carbons (Fsp3) is 0.108. The van der Waals surface area contributed by atoms with Gasteiger partial charge in [-0.15, -0.1) is 0 Å². The van der Waals surface area contributed by atoms with Crippen LogP contribution in [-0.2, 0) is 5.41 Å². The van der Waals surface area contributed by atoms with Gasteiger partial charge in [0.1, 0.15) is 0 Å². The molecule has 0 radical (unpaired) electrons. The van der Waals surface area contributed by atoms with Gasteiger partial charge in [0, 0.05) is 45.3 Å². The molecule has 0 spiro atoms. The fourth-order valence-corrected chi connectivity index (χ4v) is 6.21. The second kappa shape index (κ2) is 9.53. The van der Waals surface area contributed by atoms with Crippen LogP contribution in [0.4, 0.5) is 0 Å². The molecule has 0 fully saturated rings. The van der Waals surface area contributed by atoms with Crippen LogP contribution in [0.2, 0.25) is 0 Å². The molecule has 7 rings (SSSR count). The van der Waals surface area contributed by atoms with Crippen LogP contribution in [0, 0.1) is 0 Å². The topological polar surface area (TPSA) is 43.1 Å². The van der Waals surface area contributed by atoms with Gasteiger partial charge in [0.05, 0.1) is 33.8 Å². The zero-order valence-corrected chi connectivity index (χ0v) is 23.5. The van der Waals surface area contributed by atoms with Gasteiger partial charge >= 0.3 is 0 Å². The van der Waals surface area contributed by atoms with E-state index in [4.69, 9.17) is 0 Å². The molecule has 4 heteroatoms. The summed E-state index contributed by atoms with van der Waals surface area (Å²) >= 11 is 0. The van der Waals surface area contributed by atoms with Gasteiger partial charge in [-0.2, -0.15) is 0 Å². The molecule has 1 aliphatic rings. The van der Waals surface area contributed by atoms with E-state index in [2.05, 4.69) is 101 Å². The van der Waals surface area contributed by atoms with Crippen LogP contribution in [-0.4, -0.2) is 21.3 Å². The molecule has 0 saturated heterocycles. The minimum absolute atomic E-state index is 0.268. The van der Waals surface area contributed by atoms with Crippen LogP contribution in [0.5, 0.6) is 0 Å². The highest BCUT2D eigenvalue weighted by Gasteiger charge is 2.36. The Morgan fingerprint density at radius 2 is 1.51 bits per heavy atom. The average Bonchev–Trinajstić information content (AvgIpc) is 3.35. The average molecular weight is 531 g/mol. The van der Waals surface area contributed by atoms with Crippen molar-refractivity contribution in [1.29, 1.82) is 0 Å². The number of rotatable bonds is 5. The molecule has 4 nitrogen and oxygen atoms in total. The van der Waals surface area contributed by atoms with Crippen LogP contribution in [0.3, 0.4) is 0 Å². The summed E-state index contributed by atoms with van der Waals surface area (Å²) in [5.41, 5.74) is 11.9. The lowest BCUT2D eigenvalue weighted by molar-refractivity contribution is 0.630. The number of hydrogen-bond acceptors (Lipinski definition) is 3. The summed E-state index contributed by atoms with van der Waals surface area (Å²) in [4.78, 5) is 13.7. The molecule has 0 amide bonds. The first-order valence-electron chi connectivity index (χ1n) is 13.9. The second-order valence-corrected chi connectivity index (χ2v) is 11.0. The minimum Gasteiger partial charge on any atom is -0.309 e. The zero-order valence-electron chi connectivity index (χ0n) is 23.5. The molecular formula is C37H30N4. The van der Waals surface area contributed by atoms with Gasteiger partial charge in [-0.05, 0) is 91.5 Å². The smallest absolute Gasteiger partial charge is 0.0702 e. The summed E-state index contributed by atoms with van der Waals surface area (Å²) in [7, 11) is 0. The Labute approximate surface area is 240 Å². The largest absolute Gasteiger partial charge is 0.309 e. The van der Waals surface area contributed by atoms with E-state index >= 15 is 0 Å². The van der Waals surface area contributed by atoms with E-state index < -0.39 is 0 Å². The summed E-state index contributed by atoms with van der Waals surface area (Å²) in [6, 6.07) is 30.1. The van der Waals surface area contributed by atoms with Crippen molar-refractivity contribution in [3.63, 3.8) is 0 Å². The number of pyridine rings is 2. The maximum atomic E-state index is 4.64. The van der Waals surface area contributed by atoms with Crippen LogP contribution in [0.15, 0.2) is 121 Å². The third kappa shape index (κ3) is 3.86. The van der Waals surface area contributed by atoms with Gasteiger partial charge in [-0.25, -0.2) is 0 Å². The molecular weight excluding hydrogens is 500 g/mol. The Balaban J connectivity index is 1.59. The summed E-state index contributed by atoms with van der Waals surface area (Å²) in [6.45, 7) is 10.6. The predicted octanol–water partition coefficient (Wildman–Crippen LogP) is 9.16. The molecule has 0 atom stereocenters. The molecule has 0 saturated carbocycles. The predicted molar refractivity (Wildman–Crippen MR) is 172 cm³/mol. The quantitative estimate of drug-likeness (QED) is 0.165. The number of allylic oxidation sites excluding steroid dienone is 3. The van der Waals surface area contributed by atoms with Crippen molar-refractivity contribution < 1.29 is 0 Å². The fourth-order valence-electron chi connectivity index (χ4n) is 6.21. The minimum atomic E-state index is -0.268. The summed E-state index contributed by atoms with van der Waals surface area (Å²) < 4.78 is 2.44. The van der Waals surface area contributed by atoms with Gasteiger partial charge in [-0.1, -0.05) is 50.3 Å². The van der Waals surface area contributed by atoms with Crippen molar-refractivity contribution in [3.8, 4) is 28.2 Å². The van der Waals surface area contributed by atoms with E-state index in [-0.39, 0.29) is 5.41 Å². The molecule has 1 aliphatic heterocycles. The number of fused-ring (bicyclic) bond motifs is 5. The van der Waals surface area contributed by atoms with Crippen LogP contribution >= 0.6 is 0 Å². The van der Waals surface area contributed by atoms with E-state index in [0.29, 0.717) is 0 Å². The third-order valence-corrected chi connectivity index (χ3v) is 8.28. The maximum absolute atomic E-state index is 4.64. The number of benzene rings is 3. The third-order valence-electron chi connectivity index (χ3n) is 8.28. The van der Waals surface area contributed by atoms with E-state index in [1.54, 1.807) is 0 Å². The van der Waals surface area contributed by atoms with Gasteiger partial charge in [0.25, 0.3) is 0 Å². The molecule has 3 aromatic carbocycles. The lowest BCUT2D eigenvalue weighted by Crippen LogP contribution is -2.26. The molecule has 0 unspecified atom stereocenters. The molecule has 198 valence electrons. The van der Waals surface area contributed by atoms with E-state index in [1.807, 2.05) is 61.8 Å².